The van der Waals surface area contributed by atoms with Crippen LogP contribution in [0, 0.1) is 20.8 Å². The van der Waals surface area contributed by atoms with Crippen LogP contribution in [0.4, 0.5) is 11.4 Å². The molecule has 0 aliphatic heterocycles. The van der Waals surface area contributed by atoms with Gasteiger partial charge in [0.1, 0.15) is 0 Å². The van der Waals surface area contributed by atoms with Crippen LogP contribution in [0.1, 0.15) is 29.2 Å². The summed E-state index contributed by atoms with van der Waals surface area (Å²) in [5.41, 5.74) is 6.57. The Bertz CT molecular complexity index is 1030. The van der Waals surface area contributed by atoms with Crippen molar-refractivity contribution in [1.29, 1.82) is 0 Å². The van der Waals surface area contributed by atoms with E-state index < -0.39 is 0 Å². The van der Waals surface area contributed by atoms with E-state index in [0.29, 0.717) is 24.7 Å². The minimum atomic E-state index is -0.216. The standard InChI is InChI=1S/C26H30N2O3/c1-5-30-25-15-21(16-27-23-12-8-19(3)20(4)14-23)9-13-24(25)31-17-26(29)28-22-10-6-18(2)7-11-22/h6-15,27H,5,16-17H2,1-4H3,(H,28,29). The van der Waals surface area contributed by atoms with Gasteiger partial charge in [-0.25, -0.2) is 0 Å². The number of aryl methyl sites for hydroxylation is 3. The molecule has 0 heterocycles. The second-order valence-corrected chi connectivity index (χ2v) is 7.57. The zero-order valence-corrected chi connectivity index (χ0v) is 18.6. The summed E-state index contributed by atoms with van der Waals surface area (Å²) in [7, 11) is 0. The molecule has 0 aromatic heterocycles. The third-order valence-corrected chi connectivity index (χ3v) is 5.01. The SMILES string of the molecule is CCOc1cc(CNc2ccc(C)c(C)c2)ccc1OCC(=O)Nc1ccc(C)cc1. The van der Waals surface area contributed by atoms with E-state index in [4.69, 9.17) is 9.47 Å². The van der Waals surface area contributed by atoms with Gasteiger partial charge in [0.25, 0.3) is 5.91 Å². The van der Waals surface area contributed by atoms with Crippen LogP contribution in [0.2, 0.25) is 0 Å². The quantitative estimate of drug-likeness (QED) is 0.472. The molecule has 0 saturated heterocycles. The van der Waals surface area contributed by atoms with Crippen molar-refractivity contribution in [3.63, 3.8) is 0 Å². The number of benzene rings is 3. The Morgan fingerprint density at radius 1 is 0.806 bits per heavy atom. The summed E-state index contributed by atoms with van der Waals surface area (Å²) in [6.45, 7) is 9.23. The van der Waals surface area contributed by atoms with Gasteiger partial charge in [0, 0.05) is 17.9 Å². The van der Waals surface area contributed by atoms with Crippen LogP contribution in [0.5, 0.6) is 11.5 Å². The van der Waals surface area contributed by atoms with Crippen LogP contribution in [0.15, 0.2) is 60.7 Å². The molecular formula is C26H30N2O3. The van der Waals surface area contributed by atoms with Crippen LogP contribution >= 0.6 is 0 Å². The fraction of sp³-hybridized carbons (Fsp3) is 0.269. The maximum Gasteiger partial charge on any atom is 0.262 e. The molecule has 3 aromatic carbocycles. The van der Waals surface area contributed by atoms with Gasteiger partial charge < -0.3 is 20.1 Å². The van der Waals surface area contributed by atoms with E-state index in [1.165, 1.54) is 11.1 Å². The van der Waals surface area contributed by atoms with Gasteiger partial charge in [0.05, 0.1) is 6.61 Å². The van der Waals surface area contributed by atoms with Crippen LogP contribution in [0.3, 0.4) is 0 Å². The number of carbonyl (C=O) groups excluding carboxylic acids is 1. The zero-order chi connectivity index (χ0) is 22.2. The lowest BCUT2D eigenvalue weighted by Gasteiger charge is -2.14. The smallest absolute Gasteiger partial charge is 0.262 e. The molecule has 31 heavy (non-hydrogen) atoms. The molecule has 0 radical (unpaired) electrons. The highest BCUT2D eigenvalue weighted by molar-refractivity contribution is 5.91. The fourth-order valence-corrected chi connectivity index (χ4v) is 3.08. The molecule has 0 aliphatic carbocycles. The predicted octanol–water partition coefficient (Wildman–Crippen LogP) is 5.64. The van der Waals surface area contributed by atoms with Crippen molar-refractivity contribution in [2.75, 3.05) is 23.8 Å². The second kappa shape index (κ2) is 10.5. The molecule has 0 atom stereocenters. The maximum absolute atomic E-state index is 12.2. The van der Waals surface area contributed by atoms with Gasteiger partial charge in [-0.2, -0.15) is 0 Å². The minimum Gasteiger partial charge on any atom is -0.490 e. The Morgan fingerprint density at radius 2 is 1.55 bits per heavy atom. The lowest BCUT2D eigenvalue weighted by Crippen LogP contribution is -2.20. The first-order valence-corrected chi connectivity index (χ1v) is 10.5. The van der Waals surface area contributed by atoms with Crippen LogP contribution < -0.4 is 20.1 Å². The van der Waals surface area contributed by atoms with Gasteiger partial charge in [-0.1, -0.05) is 29.8 Å². The van der Waals surface area contributed by atoms with Gasteiger partial charge in [-0.3, -0.25) is 4.79 Å². The van der Waals surface area contributed by atoms with Crippen molar-refractivity contribution < 1.29 is 14.3 Å². The Hall–Kier alpha value is -3.47. The number of anilines is 2. The van der Waals surface area contributed by atoms with E-state index in [2.05, 4.69) is 42.7 Å². The molecule has 0 aliphatic rings. The molecule has 3 rings (SSSR count). The highest BCUT2D eigenvalue weighted by Crippen LogP contribution is 2.29. The van der Waals surface area contributed by atoms with Gasteiger partial charge in [-0.15, -0.1) is 0 Å². The minimum absolute atomic E-state index is 0.0891. The predicted molar refractivity (Wildman–Crippen MR) is 126 cm³/mol. The van der Waals surface area contributed by atoms with Crippen molar-refractivity contribution in [3.8, 4) is 11.5 Å². The highest BCUT2D eigenvalue weighted by atomic mass is 16.5. The monoisotopic (exact) mass is 418 g/mol. The average Bonchev–Trinajstić information content (AvgIpc) is 2.76. The number of amides is 1. The molecule has 0 fully saturated rings. The van der Waals surface area contributed by atoms with E-state index in [1.54, 1.807) is 0 Å². The third-order valence-electron chi connectivity index (χ3n) is 5.01. The molecule has 0 bridgehead atoms. The van der Waals surface area contributed by atoms with Crippen LogP contribution in [0.25, 0.3) is 0 Å². The van der Waals surface area contributed by atoms with Crippen LogP contribution in [-0.4, -0.2) is 19.1 Å². The second-order valence-electron chi connectivity index (χ2n) is 7.57. The Kier molecular flexibility index (Phi) is 7.55. The first-order chi connectivity index (χ1) is 14.9. The summed E-state index contributed by atoms with van der Waals surface area (Å²) < 4.78 is 11.5. The summed E-state index contributed by atoms with van der Waals surface area (Å²) in [6, 6.07) is 19.8. The summed E-state index contributed by atoms with van der Waals surface area (Å²) in [6.07, 6.45) is 0. The van der Waals surface area contributed by atoms with E-state index in [9.17, 15) is 4.79 Å². The normalized spacial score (nSPS) is 10.5. The van der Waals surface area contributed by atoms with Crippen LogP contribution in [-0.2, 0) is 11.3 Å². The van der Waals surface area contributed by atoms with E-state index in [0.717, 1.165) is 22.5 Å². The van der Waals surface area contributed by atoms with E-state index in [-0.39, 0.29) is 12.5 Å². The largest absolute Gasteiger partial charge is 0.490 e. The molecule has 0 spiro atoms. The lowest BCUT2D eigenvalue weighted by molar-refractivity contribution is -0.118. The molecule has 5 nitrogen and oxygen atoms in total. The molecular weight excluding hydrogens is 388 g/mol. The molecule has 5 heteroatoms. The number of carbonyl (C=O) groups is 1. The summed E-state index contributed by atoms with van der Waals surface area (Å²) >= 11 is 0. The third kappa shape index (κ3) is 6.51. The fourth-order valence-electron chi connectivity index (χ4n) is 3.08. The topological polar surface area (TPSA) is 59.6 Å². The molecule has 1 amide bonds. The molecule has 0 unspecified atom stereocenters. The Labute approximate surface area is 184 Å². The first kappa shape index (κ1) is 22.2. The van der Waals surface area contributed by atoms with Crippen molar-refractivity contribution in [1.82, 2.24) is 0 Å². The first-order valence-electron chi connectivity index (χ1n) is 10.5. The number of ether oxygens (including phenoxy) is 2. The Morgan fingerprint density at radius 3 is 2.26 bits per heavy atom. The average molecular weight is 419 g/mol. The van der Waals surface area contributed by atoms with E-state index >= 15 is 0 Å². The number of nitrogens with one attached hydrogen (secondary N) is 2. The van der Waals surface area contributed by atoms with Crippen molar-refractivity contribution in [2.24, 2.45) is 0 Å². The highest BCUT2D eigenvalue weighted by Gasteiger charge is 2.10. The number of rotatable bonds is 9. The van der Waals surface area contributed by atoms with Crippen molar-refractivity contribution >= 4 is 17.3 Å². The Balaban J connectivity index is 1.60. The van der Waals surface area contributed by atoms with Gasteiger partial charge in [-0.05, 0) is 80.8 Å². The van der Waals surface area contributed by atoms with Crippen molar-refractivity contribution in [3.05, 3.63) is 82.9 Å². The lowest BCUT2D eigenvalue weighted by atomic mass is 10.1. The summed E-state index contributed by atoms with van der Waals surface area (Å²) in [5.74, 6) is 0.965. The molecule has 2 N–H and O–H groups in total. The van der Waals surface area contributed by atoms with Gasteiger partial charge in [0.15, 0.2) is 18.1 Å². The summed E-state index contributed by atoms with van der Waals surface area (Å²) in [5, 5.41) is 6.27. The number of hydrogen-bond acceptors (Lipinski definition) is 4. The van der Waals surface area contributed by atoms with Crippen molar-refractivity contribution in [2.45, 2.75) is 34.2 Å². The van der Waals surface area contributed by atoms with Gasteiger partial charge in [0.2, 0.25) is 0 Å². The zero-order valence-electron chi connectivity index (χ0n) is 18.6. The molecule has 162 valence electrons. The summed E-state index contributed by atoms with van der Waals surface area (Å²) in [4.78, 5) is 12.2. The maximum atomic E-state index is 12.2. The van der Waals surface area contributed by atoms with Gasteiger partial charge >= 0.3 is 0 Å². The molecule has 3 aromatic rings. The van der Waals surface area contributed by atoms with E-state index in [1.807, 2.05) is 56.3 Å². The molecule has 0 saturated carbocycles. The number of hydrogen-bond donors (Lipinski definition) is 2.